The second-order valence-electron chi connectivity index (χ2n) is 4.29. The van der Waals surface area contributed by atoms with Crippen LogP contribution in [0.15, 0.2) is 22.7 Å². The van der Waals surface area contributed by atoms with E-state index in [1.54, 1.807) is 7.11 Å². The van der Waals surface area contributed by atoms with E-state index in [0.717, 1.165) is 15.8 Å². The summed E-state index contributed by atoms with van der Waals surface area (Å²) in [6.45, 7) is 2.11. The molecule has 0 aliphatic carbocycles. The Balaban J connectivity index is 2.44. The monoisotopic (exact) mass is 347 g/mol. The molecule has 0 spiro atoms. The maximum absolute atomic E-state index is 9.80. The zero-order valence-corrected chi connectivity index (χ0v) is 13.5. The van der Waals surface area contributed by atoms with Gasteiger partial charge in [-0.3, -0.25) is 0 Å². The number of methoxy groups -OCH3 is 1. The van der Waals surface area contributed by atoms with Crippen molar-refractivity contribution in [2.75, 3.05) is 40.6 Å². The maximum Gasteiger partial charge on any atom is 0.138 e. The summed E-state index contributed by atoms with van der Waals surface area (Å²) in [5.41, 5.74) is 1.04. The van der Waals surface area contributed by atoms with E-state index in [0.29, 0.717) is 19.8 Å². The molecule has 0 saturated carbocycles. The van der Waals surface area contributed by atoms with Gasteiger partial charge in [0.25, 0.3) is 0 Å². The van der Waals surface area contributed by atoms with E-state index in [4.69, 9.17) is 14.2 Å². The number of benzene rings is 1. The number of ether oxygens (including phenoxy) is 3. The van der Waals surface area contributed by atoms with Crippen molar-refractivity contribution in [1.82, 2.24) is 5.32 Å². The van der Waals surface area contributed by atoms with Crippen LogP contribution in [0.5, 0.6) is 5.75 Å². The fourth-order valence-electron chi connectivity index (χ4n) is 1.63. The van der Waals surface area contributed by atoms with Crippen molar-refractivity contribution in [3.63, 3.8) is 0 Å². The topological polar surface area (TPSA) is 60.0 Å². The molecular formula is C14H22BrNO4. The molecule has 5 nitrogen and oxygen atoms in total. The van der Waals surface area contributed by atoms with Crippen molar-refractivity contribution in [3.05, 3.63) is 28.2 Å². The summed E-state index contributed by atoms with van der Waals surface area (Å²) >= 11 is 3.46. The van der Waals surface area contributed by atoms with E-state index in [9.17, 15) is 5.11 Å². The fourth-order valence-corrected chi connectivity index (χ4v) is 2.16. The number of aliphatic hydroxyl groups is 1. The number of aliphatic hydroxyl groups excluding tert-OH is 1. The Morgan fingerprint density at radius 2 is 2.10 bits per heavy atom. The third kappa shape index (κ3) is 6.19. The molecule has 0 amide bonds. The van der Waals surface area contributed by atoms with Crippen LogP contribution >= 0.6 is 15.9 Å². The average molecular weight is 348 g/mol. The molecular weight excluding hydrogens is 326 g/mol. The fraction of sp³-hybridized carbons (Fsp3) is 0.571. The highest BCUT2D eigenvalue weighted by atomic mass is 79.9. The summed E-state index contributed by atoms with van der Waals surface area (Å²) in [6, 6.07) is 5.85. The second kappa shape index (κ2) is 10.1. The minimum atomic E-state index is -0.665. The molecule has 1 rings (SSSR count). The molecule has 0 radical (unpaired) electrons. The summed E-state index contributed by atoms with van der Waals surface area (Å²) in [5.74, 6) is 0.748. The van der Waals surface area contributed by atoms with Gasteiger partial charge in [-0.15, -0.1) is 0 Å². The Morgan fingerprint density at radius 3 is 2.80 bits per heavy atom. The van der Waals surface area contributed by atoms with Gasteiger partial charge in [0.15, 0.2) is 0 Å². The molecule has 0 aliphatic rings. The number of hydrogen-bond acceptors (Lipinski definition) is 5. The summed E-state index contributed by atoms with van der Waals surface area (Å²) in [4.78, 5) is 0. The van der Waals surface area contributed by atoms with Crippen molar-refractivity contribution >= 4 is 15.9 Å². The van der Waals surface area contributed by atoms with E-state index in [-0.39, 0.29) is 13.2 Å². The highest BCUT2D eigenvalue weighted by molar-refractivity contribution is 9.10. The van der Waals surface area contributed by atoms with Gasteiger partial charge >= 0.3 is 0 Å². The molecule has 1 unspecified atom stereocenters. The first-order valence-corrected chi connectivity index (χ1v) is 7.27. The van der Waals surface area contributed by atoms with Crippen molar-refractivity contribution in [1.29, 1.82) is 0 Å². The molecule has 6 heteroatoms. The summed E-state index contributed by atoms with van der Waals surface area (Å²) in [6.07, 6.45) is -0.665. The quantitative estimate of drug-likeness (QED) is 0.629. The number of rotatable bonds is 10. The SMILES string of the molecule is CNCc1cccc(Br)c1OCC(O)COCCOC. The van der Waals surface area contributed by atoms with Crippen LogP contribution in [0.4, 0.5) is 0 Å². The molecule has 1 atom stereocenters. The number of nitrogens with one attached hydrogen (secondary N) is 1. The van der Waals surface area contributed by atoms with E-state index in [2.05, 4.69) is 21.2 Å². The zero-order chi connectivity index (χ0) is 14.8. The van der Waals surface area contributed by atoms with Gasteiger partial charge in [0.1, 0.15) is 18.5 Å². The first kappa shape index (κ1) is 17.4. The molecule has 114 valence electrons. The van der Waals surface area contributed by atoms with Gasteiger partial charge in [-0.2, -0.15) is 0 Å². The van der Waals surface area contributed by atoms with E-state index >= 15 is 0 Å². The predicted molar refractivity (Wildman–Crippen MR) is 81.1 cm³/mol. The molecule has 2 N–H and O–H groups in total. The van der Waals surface area contributed by atoms with Crippen molar-refractivity contribution in [2.45, 2.75) is 12.6 Å². The van der Waals surface area contributed by atoms with Crippen LogP contribution < -0.4 is 10.1 Å². The van der Waals surface area contributed by atoms with Crippen LogP contribution in [0.1, 0.15) is 5.56 Å². The lowest BCUT2D eigenvalue weighted by Crippen LogP contribution is -2.25. The molecule has 0 saturated heterocycles. The lowest BCUT2D eigenvalue weighted by Gasteiger charge is -2.16. The predicted octanol–water partition coefficient (Wildman–Crippen LogP) is 1.57. The minimum Gasteiger partial charge on any atom is -0.489 e. The first-order valence-electron chi connectivity index (χ1n) is 6.48. The lowest BCUT2D eigenvalue weighted by atomic mass is 10.2. The zero-order valence-electron chi connectivity index (χ0n) is 11.9. The molecule has 0 aromatic heterocycles. The van der Waals surface area contributed by atoms with Crippen LogP contribution in [-0.4, -0.2) is 51.8 Å². The maximum atomic E-state index is 9.80. The average Bonchev–Trinajstić information content (AvgIpc) is 2.43. The highest BCUT2D eigenvalue weighted by Gasteiger charge is 2.11. The lowest BCUT2D eigenvalue weighted by molar-refractivity contribution is -0.00443. The molecule has 0 fully saturated rings. The Kier molecular flexibility index (Phi) is 8.80. The number of para-hydroxylation sites is 1. The van der Waals surface area contributed by atoms with Crippen LogP contribution in [0, 0.1) is 0 Å². The molecule has 0 heterocycles. The van der Waals surface area contributed by atoms with Gasteiger partial charge in [0, 0.05) is 19.2 Å². The molecule has 0 bridgehead atoms. The van der Waals surface area contributed by atoms with Crippen LogP contribution in [-0.2, 0) is 16.0 Å². The van der Waals surface area contributed by atoms with Gasteiger partial charge < -0.3 is 24.6 Å². The van der Waals surface area contributed by atoms with Crippen LogP contribution in [0.3, 0.4) is 0 Å². The van der Waals surface area contributed by atoms with Gasteiger partial charge in [0.2, 0.25) is 0 Å². The Morgan fingerprint density at radius 1 is 1.30 bits per heavy atom. The smallest absolute Gasteiger partial charge is 0.138 e. The molecule has 1 aromatic carbocycles. The third-order valence-corrected chi connectivity index (χ3v) is 3.20. The van der Waals surface area contributed by atoms with Crippen molar-refractivity contribution < 1.29 is 19.3 Å². The Bertz CT molecular complexity index is 389. The molecule has 20 heavy (non-hydrogen) atoms. The summed E-state index contributed by atoms with van der Waals surface area (Å²) in [7, 11) is 3.49. The first-order chi connectivity index (χ1) is 9.69. The van der Waals surface area contributed by atoms with Crippen LogP contribution in [0.2, 0.25) is 0 Å². The molecule has 0 aliphatic heterocycles. The Labute approximate surface area is 128 Å². The van der Waals surface area contributed by atoms with Gasteiger partial charge in [0.05, 0.1) is 24.3 Å². The summed E-state index contributed by atoms with van der Waals surface area (Å²) in [5, 5.41) is 12.9. The van der Waals surface area contributed by atoms with Crippen molar-refractivity contribution in [2.24, 2.45) is 0 Å². The van der Waals surface area contributed by atoms with Gasteiger partial charge in [-0.1, -0.05) is 12.1 Å². The molecule has 1 aromatic rings. The second-order valence-corrected chi connectivity index (χ2v) is 5.15. The largest absolute Gasteiger partial charge is 0.489 e. The number of hydrogen-bond donors (Lipinski definition) is 2. The van der Waals surface area contributed by atoms with Crippen LogP contribution in [0.25, 0.3) is 0 Å². The van der Waals surface area contributed by atoms with E-state index in [1.807, 2.05) is 25.2 Å². The summed E-state index contributed by atoms with van der Waals surface area (Å²) < 4.78 is 16.7. The highest BCUT2D eigenvalue weighted by Crippen LogP contribution is 2.29. The van der Waals surface area contributed by atoms with E-state index in [1.165, 1.54) is 0 Å². The van der Waals surface area contributed by atoms with Crippen molar-refractivity contribution in [3.8, 4) is 5.75 Å². The van der Waals surface area contributed by atoms with E-state index < -0.39 is 6.10 Å². The third-order valence-electron chi connectivity index (χ3n) is 2.58. The standard InChI is InChI=1S/C14H22BrNO4/c1-16-8-11-4-3-5-13(15)14(11)20-10-12(17)9-19-7-6-18-2/h3-5,12,16-17H,6-10H2,1-2H3. The Hall–Kier alpha value is -0.660. The number of halogens is 1. The normalized spacial score (nSPS) is 12.4. The minimum absolute atomic E-state index is 0.187. The van der Waals surface area contributed by atoms with Gasteiger partial charge in [-0.05, 0) is 29.0 Å². The van der Waals surface area contributed by atoms with Gasteiger partial charge in [-0.25, -0.2) is 0 Å².